The summed E-state index contributed by atoms with van der Waals surface area (Å²) < 4.78 is 0. The van der Waals surface area contributed by atoms with Crippen molar-refractivity contribution in [3.8, 4) is 5.75 Å². The van der Waals surface area contributed by atoms with Gasteiger partial charge in [0.05, 0.1) is 6.04 Å². The Kier molecular flexibility index (Phi) is 3.92. The molecule has 0 bridgehead atoms. The number of hydrogen-bond acceptors (Lipinski definition) is 3. The van der Waals surface area contributed by atoms with E-state index in [0.717, 1.165) is 41.4 Å². The summed E-state index contributed by atoms with van der Waals surface area (Å²) >= 11 is 0. The van der Waals surface area contributed by atoms with E-state index < -0.39 is 0 Å². The minimum atomic E-state index is -0.208. The molecule has 25 heavy (non-hydrogen) atoms. The topological polar surface area (TPSA) is 69.2 Å². The second-order valence-corrected chi connectivity index (χ2v) is 6.70. The number of piperidine rings is 1. The fraction of sp³-hybridized carbons (Fsp3) is 0.300. The third-order valence-corrected chi connectivity index (χ3v) is 4.88. The quantitative estimate of drug-likeness (QED) is 0.745. The maximum absolute atomic E-state index is 13.0. The number of nitrogens with one attached hydrogen (secondary N) is 1. The van der Waals surface area contributed by atoms with Gasteiger partial charge in [0.1, 0.15) is 5.75 Å². The lowest BCUT2D eigenvalue weighted by Gasteiger charge is -2.35. The Morgan fingerprint density at radius 1 is 1.28 bits per heavy atom. The molecule has 1 amide bonds. The van der Waals surface area contributed by atoms with Crippen molar-refractivity contribution in [3.63, 3.8) is 0 Å². The van der Waals surface area contributed by atoms with Crippen LogP contribution in [-0.4, -0.2) is 32.4 Å². The van der Waals surface area contributed by atoms with Crippen LogP contribution in [0.3, 0.4) is 0 Å². The predicted molar refractivity (Wildman–Crippen MR) is 96.6 cm³/mol. The Morgan fingerprint density at radius 3 is 2.92 bits per heavy atom. The standard InChI is InChI=1S/C20H21N3O2/c1-13-10-18(24)19(21-12-13)20(25)23-9-5-4-8-17(23)16-11-14-6-2-3-7-15(14)22-16/h2-3,6-7,10-12,17,22,24H,4-5,8-9H2,1H3. The first-order valence-electron chi connectivity index (χ1n) is 8.68. The third-order valence-electron chi connectivity index (χ3n) is 4.88. The van der Waals surface area contributed by atoms with Gasteiger partial charge in [0.15, 0.2) is 5.69 Å². The molecule has 1 fully saturated rings. The number of aromatic amines is 1. The highest BCUT2D eigenvalue weighted by molar-refractivity contribution is 5.95. The minimum Gasteiger partial charge on any atom is -0.505 e. The van der Waals surface area contributed by atoms with Gasteiger partial charge < -0.3 is 15.0 Å². The highest BCUT2D eigenvalue weighted by Gasteiger charge is 2.31. The van der Waals surface area contributed by atoms with Gasteiger partial charge in [-0.2, -0.15) is 0 Å². The van der Waals surface area contributed by atoms with Crippen LogP contribution in [0, 0.1) is 6.92 Å². The largest absolute Gasteiger partial charge is 0.505 e. The van der Waals surface area contributed by atoms with Gasteiger partial charge in [-0.05, 0) is 55.3 Å². The summed E-state index contributed by atoms with van der Waals surface area (Å²) in [4.78, 5) is 22.5. The molecular formula is C20H21N3O2. The highest BCUT2D eigenvalue weighted by atomic mass is 16.3. The van der Waals surface area contributed by atoms with Crippen LogP contribution in [0.5, 0.6) is 5.75 Å². The number of hydrogen-bond donors (Lipinski definition) is 2. The van der Waals surface area contributed by atoms with Crippen molar-refractivity contribution in [2.75, 3.05) is 6.54 Å². The number of nitrogens with zero attached hydrogens (tertiary/aromatic N) is 2. The van der Waals surface area contributed by atoms with E-state index in [4.69, 9.17) is 0 Å². The van der Waals surface area contributed by atoms with Crippen molar-refractivity contribution in [2.45, 2.75) is 32.2 Å². The van der Waals surface area contributed by atoms with Gasteiger partial charge in [-0.25, -0.2) is 4.98 Å². The van der Waals surface area contributed by atoms with Gasteiger partial charge in [0.25, 0.3) is 5.91 Å². The second kappa shape index (κ2) is 6.24. The Balaban J connectivity index is 1.70. The summed E-state index contributed by atoms with van der Waals surface area (Å²) in [5.41, 5.74) is 3.08. The Hall–Kier alpha value is -2.82. The molecule has 128 valence electrons. The molecule has 0 spiro atoms. The normalized spacial score (nSPS) is 17.8. The number of benzene rings is 1. The zero-order valence-electron chi connectivity index (χ0n) is 14.2. The first-order chi connectivity index (χ1) is 12.1. The number of aromatic nitrogens is 2. The summed E-state index contributed by atoms with van der Waals surface area (Å²) in [5, 5.41) is 11.3. The van der Waals surface area contributed by atoms with Crippen molar-refractivity contribution >= 4 is 16.8 Å². The van der Waals surface area contributed by atoms with Crippen LogP contribution in [-0.2, 0) is 0 Å². The van der Waals surface area contributed by atoms with E-state index in [0.29, 0.717) is 6.54 Å². The van der Waals surface area contributed by atoms with Crippen LogP contribution < -0.4 is 0 Å². The van der Waals surface area contributed by atoms with Gasteiger partial charge in [-0.3, -0.25) is 4.79 Å². The molecule has 5 nitrogen and oxygen atoms in total. The summed E-state index contributed by atoms with van der Waals surface area (Å²) in [7, 11) is 0. The Bertz CT molecular complexity index is 899. The SMILES string of the molecule is Cc1cnc(C(=O)N2CCCCC2c2cc3ccccc3[nH]2)c(O)c1. The zero-order chi connectivity index (χ0) is 17.4. The Labute approximate surface area is 146 Å². The zero-order valence-corrected chi connectivity index (χ0v) is 14.2. The van der Waals surface area contributed by atoms with E-state index in [9.17, 15) is 9.90 Å². The van der Waals surface area contributed by atoms with Crippen LogP contribution in [0.2, 0.25) is 0 Å². The average Bonchev–Trinajstić information content (AvgIpc) is 3.05. The lowest BCUT2D eigenvalue weighted by atomic mass is 9.98. The molecule has 2 N–H and O–H groups in total. The summed E-state index contributed by atoms with van der Waals surface area (Å²) in [5.74, 6) is -0.258. The van der Waals surface area contributed by atoms with Gasteiger partial charge in [-0.1, -0.05) is 18.2 Å². The molecule has 1 aromatic carbocycles. The molecule has 4 rings (SSSR count). The molecule has 1 aliphatic heterocycles. The van der Waals surface area contributed by atoms with Crippen LogP contribution in [0.4, 0.5) is 0 Å². The van der Waals surface area contributed by atoms with Crippen molar-refractivity contribution in [1.82, 2.24) is 14.9 Å². The smallest absolute Gasteiger partial charge is 0.276 e. The first-order valence-corrected chi connectivity index (χ1v) is 8.68. The van der Waals surface area contributed by atoms with E-state index in [-0.39, 0.29) is 23.4 Å². The number of carbonyl (C=O) groups is 1. The number of amides is 1. The average molecular weight is 335 g/mol. The number of H-pyrrole nitrogens is 1. The maximum Gasteiger partial charge on any atom is 0.276 e. The number of likely N-dealkylation sites (tertiary alicyclic amines) is 1. The fourth-order valence-corrected chi connectivity index (χ4v) is 3.63. The first kappa shape index (κ1) is 15.7. The van der Waals surface area contributed by atoms with E-state index >= 15 is 0 Å². The molecular weight excluding hydrogens is 314 g/mol. The number of para-hydroxylation sites is 1. The monoisotopic (exact) mass is 335 g/mol. The van der Waals surface area contributed by atoms with E-state index in [1.54, 1.807) is 12.3 Å². The molecule has 1 atom stereocenters. The lowest BCUT2D eigenvalue weighted by molar-refractivity contribution is 0.0597. The molecule has 1 saturated heterocycles. The number of fused-ring (bicyclic) bond motifs is 1. The highest BCUT2D eigenvalue weighted by Crippen LogP contribution is 2.34. The van der Waals surface area contributed by atoms with Gasteiger partial charge in [-0.15, -0.1) is 0 Å². The van der Waals surface area contributed by atoms with E-state index in [1.165, 1.54) is 0 Å². The van der Waals surface area contributed by atoms with Gasteiger partial charge in [0, 0.05) is 24.0 Å². The number of pyridine rings is 1. The number of rotatable bonds is 2. The van der Waals surface area contributed by atoms with Crippen molar-refractivity contribution in [1.29, 1.82) is 0 Å². The van der Waals surface area contributed by atoms with Crippen LogP contribution in [0.1, 0.15) is 47.1 Å². The molecule has 3 heterocycles. The molecule has 2 aromatic heterocycles. The molecule has 0 aliphatic carbocycles. The van der Waals surface area contributed by atoms with Crippen LogP contribution >= 0.6 is 0 Å². The third kappa shape index (κ3) is 2.86. The summed E-state index contributed by atoms with van der Waals surface area (Å²) in [6.07, 6.45) is 4.58. The van der Waals surface area contributed by atoms with E-state index in [2.05, 4.69) is 22.1 Å². The molecule has 3 aromatic rings. The van der Waals surface area contributed by atoms with Crippen LogP contribution in [0.15, 0.2) is 42.6 Å². The molecule has 1 unspecified atom stereocenters. The summed E-state index contributed by atoms with van der Waals surface area (Å²) in [6, 6.07) is 11.8. The molecule has 0 radical (unpaired) electrons. The van der Waals surface area contributed by atoms with Crippen molar-refractivity contribution in [3.05, 3.63) is 59.5 Å². The maximum atomic E-state index is 13.0. The van der Waals surface area contributed by atoms with Crippen molar-refractivity contribution < 1.29 is 9.90 Å². The number of aromatic hydroxyl groups is 1. The number of carbonyl (C=O) groups excluding carboxylic acids is 1. The molecule has 5 heteroatoms. The lowest BCUT2D eigenvalue weighted by Crippen LogP contribution is -2.39. The summed E-state index contributed by atoms with van der Waals surface area (Å²) in [6.45, 7) is 2.52. The predicted octanol–water partition coefficient (Wildman–Crippen LogP) is 3.94. The Morgan fingerprint density at radius 2 is 2.12 bits per heavy atom. The van der Waals surface area contributed by atoms with Gasteiger partial charge in [0.2, 0.25) is 0 Å². The molecule has 0 saturated carbocycles. The van der Waals surface area contributed by atoms with E-state index in [1.807, 2.05) is 30.0 Å². The second-order valence-electron chi connectivity index (χ2n) is 6.70. The minimum absolute atomic E-state index is 0.0175. The molecule has 1 aliphatic rings. The fourth-order valence-electron chi connectivity index (χ4n) is 3.63. The van der Waals surface area contributed by atoms with Crippen molar-refractivity contribution in [2.24, 2.45) is 0 Å². The van der Waals surface area contributed by atoms with Crippen LogP contribution in [0.25, 0.3) is 10.9 Å². The number of aryl methyl sites for hydroxylation is 1. The van der Waals surface area contributed by atoms with Gasteiger partial charge >= 0.3 is 0 Å².